The Morgan fingerprint density at radius 2 is 1.69 bits per heavy atom. The Kier molecular flexibility index (Phi) is 4.15. The smallest absolute Gasteiger partial charge is 0.311 e. The minimum Gasteiger partial charge on any atom is -0.481 e. The van der Waals surface area contributed by atoms with E-state index in [0.717, 1.165) is 0 Å². The van der Waals surface area contributed by atoms with E-state index >= 15 is 0 Å². The fourth-order valence-corrected chi connectivity index (χ4v) is 1.99. The quantitative estimate of drug-likeness (QED) is 0.875. The van der Waals surface area contributed by atoms with Crippen molar-refractivity contribution in [3.05, 3.63) is 33.8 Å². The van der Waals surface area contributed by atoms with Gasteiger partial charge in [-0.25, -0.2) is 0 Å². The van der Waals surface area contributed by atoms with Gasteiger partial charge >= 0.3 is 11.9 Å². The molecule has 16 heavy (non-hydrogen) atoms. The lowest BCUT2D eigenvalue weighted by Gasteiger charge is -2.13. The van der Waals surface area contributed by atoms with Crippen LogP contribution in [0.3, 0.4) is 0 Å². The third kappa shape index (κ3) is 2.87. The maximum Gasteiger partial charge on any atom is 0.311 e. The van der Waals surface area contributed by atoms with Crippen molar-refractivity contribution in [3.63, 3.8) is 0 Å². The van der Waals surface area contributed by atoms with Crippen LogP contribution in [0.25, 0.3) is 0 Å². The lowest BCUT2D eigenvalue weighted by Crippen LogP contribution is -2.16. The molecule has 1 unspecified atom stereocenters. The first-order valence-corrected chi connectivity index (χ1v) is 5.07. The molecule has 2 N–H and O–H groups in total. The van der Waals surface area contributed by atoms with Crippen molar-refractivity contribution in [2.45, 2.75) is 12.3 Å². The molecule has 86 valence electrons. The van der Waals surface area contributed by atoms with Crippen LogP contribution in [0, 0.1) is 0 Å². The van der Waals surface area contributed by atoms with Gasteiger partial charge in [0.05, 0.1) is 12.3 Å². The van der Waals surface area contributed by atoms with Crippen molar-refractivity contribution in [3.8, 4) is 0 Å². The minimum absolute atomic E-state index is 0.140. The molecular formula is C10H8Cl2O4. The predicted octanol–water partition coefficient (Wildman–Crippen LogP) is 2.64. The fraction of sp³-hybridized carbons (Fsp3) is 0.200. The first-order valence-electron chi connectivity index (χ1n) is 4.32. The van der Waals surface area contributed by atoms with Crippen molar-refractivity contribution < 1.29 is 19.8 Å². The first kappa shape index (κ1) is 12.8. The molecular weight excluding hydrogens is 255 g/mol. The molecule has 0 spiro atoms. The van der Waals surface area contributed by atoms with Crippen molar-refractivity contribution in [2.24, 2.45) is 0 Å². The number of carbonyl (C=O) groups is 2. The number of aliphatic carboxylic acids is 2. The van der Waals surface area contributed by atoms with Gasteiger partial charge in [0.1, 0.15) is 0 Å². The number of carboxylic acid groups (broad SMARTS) is 2. The van der Waals surface area contributed by atoms with Crippen molar-refractivity contribution in [2.75, 3.05) is 0 Å². The Labute approximate surface area is 101 Å². The van der Waals surface area contributed by atoms with Gasteiger partial charge in [-0.2, -0.15) is 0 Å². The number of halogens is 2. The maximum atomic E-state index is 11.0. The molecule has 1 aromatic carbocycles. The van der Waals surface area contributed by atoms with E-state index in [1.807, 2.05) is 0 Å². The second-order valence-corrected chi connectivity index (χ2v) is 3.94. The lowest BCUT2D eigenvalue weighted by molar-refractivity contribution is -0.145. The van der Waals surface area contributed by atoms with E-state index in [0.29, 0.717) is 0 Å². The van der Waals surface area contributed by atoms with Crippen LogP contribution in [0.5, 0.6) is 0 Å². The van der Waals surface area contributed by atoms with E-state index in [-0.39, 0.29) is 15.6 Å². The largest absolute Gasteiger partial charge is 0.481 e. The van der Waals surface area contributed by atoms with Gasteiger partial charge in [0.15, 0.2) is 0 Å². The highest BCUT2D eigenvalue weighted by Crippen LogP contribution is 2.33. The average molecular weight is 263 g/mol. The summed E-state index contributed by atoms with van der Waals surface area (Å²) in [5, 5.41) is 17.9. The van der Waals surface area contributed by atoms with E-state index in [9.17, 15) is 9.59 Å². The maximum absolute atomic E-state index is 11.0. The predicted molar refractivity (Wildman–Crippen MR) is 59.1 cm³/mol. The van der Waals surface area contributed by atoms with E-state index in [4.69, 9.17) is 33.4 Å². The number of benzene rings is 1. The minimum atomic E-state index is -1.27. The van der Waals surface area contributed by atoms with Crippen LogP contribution in [0.2, 0.25) is 10.0 Å². The molecule has 0 bridgehead atoms. The molecule has 0 heterocycles. The summed E-state index contributed by atoms with van der Waals surface area (Å²) in [6, 6.07) is 4.51. The van der Waals surface area contributed by atoms with Gasteiger partial charge < -0.3 is 10.2 Å². The second kappa shape index (κ2) is 5.18. The third-order valence-corrected chi connectivity index (χ3v) is 2.68. The van der Waals surface area contributed by atoms with Crippen molar-refractivity contribution in [1.82, 2.24) is 0 Å². The van der Waals surface area contributed by atoms with Crippen molar-refractivity contribution >= 4 is 35.1 Å². The van der Waals surface area contributed by atoms with Crippen LogP contribution in [-0.4, -0.2) is 22.2 Å². The average Bonchev–Trinajstić information content (AvgIpc) is 2.15. The van der Waals surface area contributed by atoms with Crippen molar-refractivity contribution in [1.29, 1.82) is 0 Å². The van der Waals surface area contributed by atoms with Gasteiger partial charge in [-0.1, -0.05) is 29.3 Å². The van der Waals surface area contributed by atoms with E-state index in [1.165, 1.54) is 12.1 Å². The zero-order valence-corrected chi connectivity index (χ0v) is 9.50. The SMILES string of the molecule is O=C(O)CC(C(=O)O)c1c(Cl)cccc1Cl. The summed E-state index contributed by atoms with van der Waals surface area (Å²) < 4.78 is 0. The van der Waals surface area contributed by atoms with Gasteiger partial charge in [0.25, 0.3) is 0 Å². The van der Waals surface area contributed by atoms with Crippen LogP contribution in [-0.2, 0) is 9.59 Å². The van der Waals surface area contributed by atoms with Crippen LogP contribution in [0.15, 0.2) is 18.2 Å². The van der Waals surface area contributed by atoms with Gasteiger partial charge in [-0.05, 0) is 12.1 Å². The normalized spacial score (nSPS) is 12.1. The van der Waals surface area contributed by atoms with E-state index in [2.05, 4.69) is 0 Å². The summed E-state index contributed by atoms with van der Waals surface area (Å²) in [5.74, 6) is -3.72. The van der Waals surface area contributed by atoms with Crippen LogP contribution in [0.4, 0.5) is 0 Å². The number of rotatable bonds is 4. The molecule has 0 aliphatic heterocycles. The Balaban J connectivity index is 3.20. The molecule has 1 atom stereocenters. The first-order chi connectivity index (χ1) is 7.43. The number of hydrogen-bond acceptors (Lipinski definition) is 2. The summed E-state index contributed by atoms with van der Waals surface area (Å²) >= 11 is 11.6. The molecule has 1 aromatic rings. The Morgan fingerprint density at radius 1 is 1.19 bits per heavy atom. The zero-order valence-electron chi connectivity index (χ0n) is 7.98. The molecule has 6 heteroatoms. The Hall–Kier alpha value is -1.26. The highest BCUT2D eigenvalue weighted by molar-refractivity contribution is 6.36. The summed E-state index contributed by atoms with van der Waals surface area (Å²) in [7, 11) is 0. The standard InChI is InChI=1S/C10H8Cl2O4/c11-6-2-1-3-7(12)9(6)5(10(15)16)4-8(13)14/h1-3,5H,4H2,(H,13,14)(H,15,16). The molecule has 0 fully saturated rings. The van der Waals surface area contributed by atoms with Gasteiger partial charge in [-0.15, -0.1) is 0 Å². The third-order valence-electron chi connectivity index (χ3n) is 2.03. The molecule has 1 rings (SSSR count). The van der Waals surface area contributed by atoms with Crippen LogP contribution < -0.4 is 0 Å². The zero-order chi connectivity index (χ0) is 12.3. The van der Waals surface area contributed by atoms with E-state index < -0.39 is 24.3 Å². The monoisotopic (exact) mass is 262 g/mol. The number of hydrogen-bond donors (Lipinski definition) is 2. The molecule has 0 saturated heterocycles. The molecule has 0 saturated carbocycles. The summed E-state index contributed by atoms with van der Waals surface area (Å²) in [6.07, 6.45) is -0.557. The van der Waals surface area contributed by atoms with Gasteiger partial charge in [0, 0.05) is 15.6 Å². The van der Waals surface area contributed by atoms with E-state index in [1.54, 1.807) is 6.07 Å². The molecule has 0 aliphatic rings. The second-order valence-electron chi connectivity index (χ2n) is 3.12. The van der Waals surface area contributed by atoms with Crippen LogP contribution in [0.1, 0.15) is 17.9 Å². The molecule has 0 radical (unpaired) electrons. The lowest BCUT2D eigenvalue weighted by atomic mass is 9.96. The van der Waals surface area contributed by atoms with Crippen LogP contribution >= 0.6 is 23.2 Å². The Morgan fingerprint density at radius 3 is 2.06 bits per heavy atom. The molecule has 4 nitrogen and oxygen atoms in total. The molecule has 0 amide bonds. The van der Waals surface area contributed by atoms with Gasteiger partial charge in [0.2, 0.25) is 0 Å². The Bertz CT molecular complexity index is 411. The fourth-order valence-electron chi connectivity index (χ4n) is 1.33. The topological polar surface area (TPSA) is 74.6 Å². The highest BCUT2D eigenvalue weighted by Gasteiger charge is 2.27. The molecule has 0 aromatic heterocycles. The summed E-state index contributed by atoms with van der Waals surface area (Å²) in [6.45, 7) is 0. The summed E-state index contributed by atoms with van der Waals surface area (Å²) in [5.41, 5.74) is 0.140. The summed E-state index contributed by atoms with van der Waals surface area (Å²) in [4.78, 5) is 21.5. The number of carboxylic acids is 2. The highest BCUT2D eigenvalue weighted by atomic mass is 35.5. The molecule has 0 aliphatic carbocycles. The van der Waals surface area contributed by atoms with Gasteiger partial charge in [-0.3, -0.25) is 9.59 Å².